The maximum absolute atomic E-state index is 12.7. The molecule has 1 saturated carbocycles. The highest BCUT2D eigenvalue weighted by Gasteiger charge is 2.28. The Morgan fingerprint density at radius 3 is 2.79 bits per heavy atom. The van der Waals surface area contributed by atoms with E-state index in [-0.39, 0.29) is 5.69 Å². The lowest BCUT2D eigenvalue weighted by molar-refractivity contribution is 0.326. The van der Waals surface area contributed by atoms with Gasteiger partial charge in [-0.05, 0) is 31.0 Å². The number of nitrogens with one attached hydrogen (secondary N) is 1. The molecule has 0 unspecified atom stereocenters. The van der Waals surface area contributed by atoms with Crippen molar-refractivity contribution in [3.63, 3.8) is 0 Å². The average molecular weight is 320 g/mol. The number of nitrogens with zero attached hydrogens (tertiary/aromatic N) is 3. The lowest BCUT2D eigenvalue weighted by atomic mass is 10.2. The van der Waals surface area contributed by atoms with Crippen LogP contribution >= 0.6 is 0 Å². The molecule has 1 fully saturated rings. The third-order valence-corrected chi connectivity index (χ3v) is 4.51. The van der Waals surface area contributed by atoms with Crippen molar-refractivity contribution >= 4 is 16.7 Å². The first-order chi connectivity index (χ1) is 11.8. The Balaban J connectivity index is 1.90. The maximum atomic E-state index is 12.7. The summed E-state index contributed by atoms with van der Waals surface area (Å²) in [6.45, 7) is 1.11. The number of pyridine rings is 1. The van der Waals surface area contributed by atoms with E-state index < -0.39 is 0 Å². The van der Waals surface area contributed by atoms with E-state index in [1.54, 1.807) is 4.57 Å². The van der Waals surface area contributed by atoms with Crippen LogP contribution in [0.15, 0.2) is 41.2 Å². The van der Waals surface area contributed by atoms with Crippen LogP contribution in [0.25, 0.3) is 16.6 Å². The van der Waals surface area contributed by atoms with Crippen molar-refractivity contribution in [3.8, 4) is 11.6 Å². The van der Waals surface area contributed by atoms with E-state index >= 15 is 0 Å². The van der Waals surface area contributed by atoms with Gasteiger partial charge in [0.15, 0.2) is 0 Å². The number of anilines is 1. The zero-order chi connectivity index (χ0) is 16.1. The largest absolute Gasteiger partial charge is 0.475 e. The molecule has 2 aromatic heterocycles. The van der Waals surface area contributed by atoms with E-state index in [9.17, 15) is 4.79 Å². The van der Waals surface area contributed by atoms with Gasteiger partial charge in [-0.3, -0.25) is 4.57 Å². The minimum atomic E-state index is -0.294. The quantitative estimate of drug-likeness (QED) is 0.785. The summed E-state index contributed by atoms with van der Waals surface area (Å²) in [7, 11) is 0. The molecule has 5 rings (SSSR count). The molecule has 1 aliphatic heterocycles. The molecule has 0 saturated heterocycles. The number of ether oxygens (including phenoxy) is 1. The van der Waals surface area contributed by atoms with Crippen molar-refractivity contribution < 1.29 is 4.74 Å². The molecule has 120 valence electrons. The van der Waals surface area contributed by atoms with Crippen LogP contribution in [0.1, 0.15) is 24.5 Å². The van der Waals surface area contributed by atoms with Crippen molar-refractivity contribution in [1.29, 1.82) is 0 Å². The van der Waals surface area contributed by atoms with Gasteiger partial charge in [-0.2, -0.15) is 4.98 Å². The number of para-hydroxylation sites is 1. The second-order valence-corrected chi connectivity index (χ2v) is 6.21. The molecule has 0 radical (unpaired) electrons. The summed E-state index contributed by atoms with van der Waals surface area (Å²) in [6.07, 6.45) is 2.29. The fraction of sp³-hybridized carbons (Fsp3) is 0.278. The minimum absolute atomic E-state index is 0.294. The zero-order valence-electron chi connectivity index (χ0n) is 13.0. The van der Waals surface area contributed by atoms with Crippen LogP contribution in [0.4, 0.5) is 5.82 Å². The fourth-order valence-electron chi connectivity index (χ4n) is 3.20. The van der Waals surface area contributed by atoms with Crippen LogP contribution in [0.3, 0.4) is 0 Å². The first kappa shape index (κ1) is 13.5. The Hall–Kier alpha value is -2.89. The monoisotopic (exact) mass is 320 g/mol. The summed E-state index contributed by atoms with van der Waals surface area (Å²) in [5, 5.41) is 3.96. The Labute approximate surface area is 138 Å². The molecule has 2 aliphatic rings. The molecular weight excluding hydrogens is 304 g/mol. The average Bonchev–Trinajstić information content (AvgIpc) is 3.43. The third kappa shape index (κ3) is 2.06. The van der Waals surface area contributed by atoms with Gasteiger partial charge in [0.25, 0.3) is 0 Å². The van der Waals surface area contributed by atoms with Gasteiger partial charge in [0.05, 0.1) is 17.7 Å². The normalized spacial score (nSPS) is 16.3. The number of hydrogen-bond donors (Lipinski definition) is 1. The van der Waals surface area contributed by atoms with Crippen LogP contribution in [-0.2, 0) is 0 Å². The maximum Gasteiger partial charge on any atom is 0.354 e. The lowest BCUT2D eigenvalue weighted by Crippen LogP contribution is -2.23. The molecule has 3 heterocycles. The molecule has 0 amide bonds. The second kappa shape index (κ2) is 5.06. The van der Waals surface area contributed by atoms with Gasteiger partial charge in [-0.1, -0.05) is 18.2 Å². The molecule has 1 aromatic carbocycles. The smallest absolute Gasteiger partial charge is 0.354 e. The fourth-order valence-corrected chi connectivity index (χ4v) is 3.20. The van der Waals surface area contributed by atoms with E-state index in [1.165, 1.54) is 0 Å². The van der Waals surface area contributed by atoms with Crippen LogP contribution in [0.5, 0.6) is 5.88 Å². The molecule has 1 aliphatic carbocycles. The summed E-state index contributed by atoms with van der Waals surface area (Å²) < 4.78 is 7.49. The highest BCUT2D eigenvalue weighted by molar-refractivity contribution is 5.95. The standard InChI is InChI=1S/C18H16N4O2/c23-18-21-16-15-14(22(18)12-4-2-1-3-5-12)10-13(11-6-7-11)20-17(15)24-9-8-19-16/h1-5,10-11H,6-9H2,(H,19,21,23). The molecule has 1 N–H and O–H groups in total. The van der Waals surface area contributed by atoms with Gasteiger partial charge >= 0.3 is 5.69 Å². The number of rotatable bonds is 2. The van der Waals surface area contributed by atoms with E-state index in [1.807, 2.05) is 36.4 Å². The third-order valence-electron chi connectivity index (χ3n) is 4.51. The first-order valence-electron chi connectivity index (χ1n) is 8.21. The zero-order valence-corrected chi connectivity index (χ0v) is 13.0. The SMILES string of the molecule is O=c1nc2c3c(nc(C4CC4)cc3n1-c1ccccc1)OCCN2. The Morgan fingerprint density at radius 2 is 2.00 bits per heavy atom. The molecule has 6 nitrogen and oxygen atoms in total. The van der Waals surface area contributed by atoms with Crippen molar-refractivity contribution in [3.05, 3.63) is 52.6 Å². The first-order valence-corrected chi connectivity index (χ1v) is 8.21. The Bertz CT molecular complexity index is 993. The topological polar surface area (TPSA) is 69.0 Å². The van der Waals surface area contributed by atoms with E-state index in [2.05, 4.69) is 10.3 Å². The van der Waals surface area contributed by atoms with Crippen molar-refractivity contribution in [2.24, 2.45) is 0 Å². The van der Waals surface area contributed by atoms with E-state index in [0.717, 1.165) is 35.1 Å². The summed E-state index contributed by atoms with van der Waals surface area (Å²) >= 11 is 0. The lowest BCUT2D eigenvalue weighted by Gasteiger charge is -2.14. The summed E-state index contributed by atoms with van der Waals surface area (Å²) in [5.74, 6) is 1.61. The highest BCUT2D eigenvalue weighted by Crippen LogP contribution is 2.42. The molecule has 0 bridgehead atoms. The van der Waals surface area contributed by atoms with E-state index in [0.29, 0.717) is 30.8 Å². The number of benzene rings is 1. The predicted molar refractivity (Wildman–Crippen MR) is 91.1 cm³/mol. The van der Waals surface area contributed by atoms with Gasteiger partial charge in [-0.15, -0.1) is 0 Å². The predicted octanol–water partition coefficient (Wildman–Crippen LogP) is 2.46. The summed E-state index contributed by atoms with van der Waals surface area (Å²) in [4.78, 5) is 21.6. The molecule has 0 spiro atoms. The van der Waals surface area contributed by atoms with Crippen molar-refractivity contribution in [2.45, 2.75) is 18.8 Å². The van der Waals surface area contributed by atoms with Crippen LogP contribution < -0.4 is 15.7 Å². The summed E-state index contributed by atoms with van der Waals surface area (Å²) in [6, 6.07) is 11.6. The molecule has 24 heavy (non-hydrogen) atoms. The minimum Gasteiger partial charge on any atom is -0.475 e. The summed E-state index contributed by atoms with van der Waals surface area (Å²) in [5.41, 5.74) is 2.31. The van der Waals surface area contributed by atoms with Gasteiger partial charge < -0.3 is 10.1 Å². The molecule has 3 aromatic rings. The Morgan fingerprint density at radius 1 is 1.17 bits per heavy atom. The van der Waals surface area contributed by atoms with Crippen LogP contribution in [-0.4, -0.2) is 27.7 Å². The van der Waals surface area contributed by atoms with Crippen molar-refractivity contribution in [1.82, 2.24) is 14.5 Å². The van der Waals surface area contributed by atoms with Gasteiger partial charge in [0.2, 0.25) is 5.88 Å². The molecular formula is C18H16N4O2. The van der Waals surface area contributed by atoms with Gasteiger partial charge in [0, 0.05) is 11.6 Å². The second-order valence-electron chi connectivity index (χ2n) is 6.21. The van der Waals surface area contributed by atoms with Crippen molar-refractivity contribution in [2.75, 3.05) is 18.5 Å². The van der Waals surface area contributed by atoms with Crippen LogP contribution in [0, 0.1) is 0 Å². The van der Waals surface area contributed by atoms with Gasteiger partial charge in [0.1, 0.15) is 17.8 Å². The Kier molecular flexibility index (Phi) is 2.85. The highest BCUT2D eigenvalue weighted by atomic mass is 16.5. The number of hydrogen-bond acceptors (Lipinski definition) is 5. The van der Waals surface area contributed by atoms with E-state index in [4.69, 9.17) is 9.72 Å². The van der Waals surface area contributed by atoms with Gasteiger partial charge in [-0.25, -0.2) is 9.78 Å². The molecule has 6 heteroatoms. The van der Waals surface area contributed by atoms with Crippen LogP contribution in [0.2, 0.25) is 0 Å². The number of aromatic nitrogens is 3. The molecule has 0 atom stereocenters.